The second-order valence-electron chi connectivity index (χ2n) is 9.79. The molecule has 1 aliphatic carbocycles. The van der Waals surface area contributed by atoms with Gasteiger partial charge in [0.05, 0.1) is 36.4 Å². The van der Waals surface area contributed by atoms with Gasteiger partial charge in [-0.15, -0.1) is 0 Å². The summed E-state index contributed by atoms with van der Waals surface area (Å²) in [5.74, 6) is 0.157. The van der Waals surface area contributed by atoms with E-state index in [1.54, 1.807) is 7.11 Å². The second-order valence-corrected chi connectivity index (χ2v) is 14.5. The van der Waals surface area contributed by atoms with Crippen LogP contribution in [0.25, 0.3) is 0 Å². The first-order valence-corrected chi connectivity index (χ1v) is 12.5. The summed E-state index contributed by atoms with van der Waals surface area (Å²) in [6.45, 7) is 14.5. The zero-order chi connectivity index (χ0) is 18.7. The van der Waals surface area contributed by atoms with Gasteiger partial charge in [0.1, 0.15) is 5.60 Å². The Hall–Kier alpha value is 0.0169. The minimum absolute atomic E-state index is 0.0286. The minimum Gasteiger partial charge on any atom is -0.411 e. The number of methoxy groups -OCH3 is 1. The number of hydrogen-bond donors (Lipinski definition) is 1. The molecule has 6 heteroatoms. The molecule has 1 N–H and O–H groups in total. The summed E-state index contributed by atoms with van der Waals surface area (Å²) in [5.41, 5.74) is -0.401. The summed E-state index contributed by atoms with van der Waals surface area (Å²) in [6, 6.07) is 0. The van der Waals surface area contributed by atoms with Crippen molar-refractivity contribution in [3.63, 3.8) is 0 Å². The minimum atomic E-state index is -1.88. The fourth-order valence-electron chi connectivity index (χ4n) is 4.46. The molecule has 0 aromatic rings. The topological polar surface area (TPSA) is 63.8 Å². The molecule has 3 rings (SSSR count). The van der Waals surface area contributed by atoms with Crippen LogP contribution in [-0.4, -0.2) is 63.3 Å². The largest absolute Gasteiger partial charge is 0.411 e. The van der Waals surface area contributed by atoms with Crippen molar-refractivity contribution < 1.29 is 23.7 Å². The third kappa shape index (κ3) is 3.34. The predicted molar refractivity (Wildman–Crippen MR) is 99.3 cm³/mol. The molecule has 0 aromatic heterocycles. The maximum atomic E-state index is 9.31. The lowest BCUT2D eigenvalue weighted by Gasteiger charge is -2.47. The van der Waals surface area contributed by atoms with Crippen molar-refractivity contribution in [1.29, 1.82) is 0 Å². The van der Waals surface area contributed by atoms with Crippen LogP contribution >= 0.6 is 0 Å². The van der Waals surface area contributed by atoms with Crippen LogP contribution in [0.3, 0.4) is 0 Å². The molecule has 0 unspecified atom stereocenters. The van der Waals surface area contributed by atoms with Gasteiger partial charge in [-0.25, -0.2) is 0 Å². The van der Waals surface area contributed by atoms with Crippen LogP contribution in [0.5, 0.6) is 0 Å². The lowest BCUT2D eigenvalue weighted by Crippen LogP contribution is -2.58. The predicted octanol–water partition coefficient (Wildman–Crippen LogP) is 3.11. The zero-order valence-corrected chi connectivity index (χ0v) is 17.9. The number of hydrogen-bond acceptors (Lipinski definition) is 5. The normalized spacial score (nSPS) is 44.2. The fraction of sp³-hybridized carbons (Fsp3) is 1.00. The molecule has 0 radical (unpaired) electrons. The molecule has 0 bridgehead atoms. The molecule has 25 heavy (non-hydrogen) atoms. The van der Waals surface area contributed by atoms with E-state index in [1.807, 2.05) is 0 Å². The molecular weight excluding hydrogens is 336 g/mol. The lowest BCUT2D eigenvalue weighted by molar-refractivity contribution is -0.111. The monoisotopic (exact) mass is 372 g/mol. The maximum absolute atomic E-state index is 9.31. The third-order valence-electron chi connectivity index (χ3n) is 7.14. The molecular formula is C19H36O5Si. The van der Waals surface area contributed by atoms with Crippen molar-refractivity contribution in [3.05, 3.63) is 0 Å². The smallest absolute Gasteiger partial charge is 0.192 e. The Morgan fingerprint density at radius 2 is 1.92 bits per heavy atom. The molecule has 2 saturated heterocycles. The van der Waals surface area contributed by atoms with E-state index in [9.17, 15) is 5.11 Å². The van der Waals surface area contributed by atoms with E-state index >= 15 is 0 Å². The summed E-state index contributed by atoms with van der Waals surface area (Å²) < 4.78 is 24.8. The van der Waals surface area contributed by atoms with Gasteiger partial charge in [0, 0.05) is 13.7 Å². The molecule has 2 aliphatic heterocycles. The Morgan fingerprint density at radius 1 is 1.28 bits per heavy atom. The Bertz CT molecular complexity index is 499. The zero-order valence-electron chi connectivity index (χ0n) is 16.9. The van der Waals surface area contributed by atoms with Gasteiger partial charge in [0.15, 0.2) is 8.32 Å². The highest BCUT2D eigenvalue weighted by Crippen LogP contribution is 2.59. The van der Waals surface area contributed by atoms with Gasteiger partial charge in [0.25, 0.3) is 0 Å². The molecule has 6 atom stereocenters. The number of aliphatic hydroxyl groups excluding tert-OH is 1. The van der Waals surface area contributed by atoms with Gasteiger partial charge < -0.3 is 23.7 Å². The van der Waals surface area contributed by atoms with Crippen LogP contribution in [-0.2, 0) is 18.6 Å². The number of ether oxygens (including phenoxy) is 3. The molecule has 3 aliphatic rings. The summed E-state index contributed by atoms with van der Waals surface area (Å²) in [6.07, 6.45) is 2.80. The number of epoxide rings is 2. The molecule has 5 nitrogen and oxygen atoms in total. The van der Waals surface area contributed by atoms with Gasteiger partial charge in [-0.1, -0.05) is 20.8 Å². The molecule has 0 amide bonds. The molecule has 3 fully saturated rings. The average molecular weight is 373 g/mol. The van der Waals surface area contributed by atoms with E-state index in [-0.39, 0.29) is 47.1 Å². The first-order valence-electron chi connectivity index (χ1n) is 9.64. The first-order chi connectivity index (χ1) is 11.5. The van der Waals surface area contributed by atoms with E-state index in [0.29, 0.717) is 6.42 Å². The van der Waals surface area contributed by atoms with E-state index in [1.165, 1.54) is 0 Å². The van der Waals surface area contributed by atoms with Crippen molar-refractivity contribution in [2.75, 3.05) is 20.3 Å². The van der Waals surface area contributed by atoms with Crippen molar-refractivity contribution in [2.24, 2.45) is 5.92 Å². The Kier molecular flexibility index (Phi) is 4.96. The van der Waals surface area contributed by atoms with Crippen LogP contribution < -0.4 is 0 Å². The Morgan fingerprint density at radius 3 is 2.40 bits per heavy atom. The number of rotatable bonds is 6. The average Bonchev–Trinajstić information content (AvgIpc) is 3.39. The maximum Gasteiger partial charge on any atom is 0.192 e. The van der Waals surface area contributed by atoms with Gasteiger partial charge in [-0.2, -0.15) is 0 Å². The van der Waals surface area contributed by atoms with Gasteiger partial charge in [-0.05, 0) is 44.3 Å². The highest BCUT2D eigenvalue weighted by atomic mass is 28.4. The fourth-order valence-corrected chi connectivity index (χ4v) is 5.83. The summed E-state index contributed by atoms with van der Waals surface area (Å²) in [7, 11) is -0.0928. The first kappa shape index (κ1) is 19.8. The standard InChI is InChI=1S/C19H36O5Si/c1-17(2,3)25(6,7)24-13-8-10-19(12-22-19)16(15(13)21-5)18(4)14(23-18)9-11-20/h13-16,20H,8-12H2,1-7H3/t13-,14-,15-,16-,18+,19+/m1/s1. The number of aliphatic hydroxyl groups is 1. The highest BCUT2D eigenvalue weighted by Gasteiger charge is 2.72. The third-order valence-corrected chi connectivity index (χ3v) is 11.6. The molecule has 1 spiro atoms. The van der Waals surface area contributed by atoms with Crippen LogP contribution in [0, 0.1) is 5.92 Å². The second kappa shape index (κ2) is 6.28. The van der Waals surface area contributed by atoms with E-state index in [4.69, 9.17) is 18.6 Å². The Labute approximate surface area is 153 Å². The van der Waals surface area contributed by atoms with Gasteiger partial charge in [0.2, 0.25) is 0 Å². The highest BCUT2D eigenvalue weighted by molar-refractivity contribution is 6.74. The van der Waals surface area contributed by atoms with Crippen molar-refractivity contribution in [1.82, 2.24) is 0 Å². The lowest BCUT2D eigenvalue weighted by atomic mass is 9.68. The van der Waals surface area contributed by atoms with Crippen molar-refractivity contribution in [2.45, 2.75) is 94.6 Å². The van der Waals surface area contributed by atoms with E-state index < -0.39 is 8.32 Å². The molecule has 0 aromatic carbocycles. The van der Waals surface area contributed by atoms with E-state index in [2.05, 4.69) is 40.8 Å². The summed E-state index contributed by atoms with van der Waals surface area (Å²) in [4.78, 5) is 0. The molecule has 2 heterocycles. The van der Waals surface area contributed by atoms with Crippen LogP contribution in [0.4, 0.5) is 0 Å². The molecule has 1 saturated carbocycles. The van der Waals surface area contributed by atoms with Crippen molar-refractivity contribution >= 4 is 8.32 Å². The van der Waals surface area contributed by atoms with Gasteiger partial charge >= 0.3 is 0 Å². The van der Waals surface area contributed by atoms with Gasteiger partial charge in [-0.3, -0.25) is 0 Å². The van der Waals surface area contributed by atoms with Crippen LogP contribution in [0.1, 0.15) is 47.0 Å². The van der Waals surface area contributed by atoms with Crippen molar-refractivity contribution in [3.8, 4) is 0 Å². The summed E-state index contributed by atoms with van der Waals surface area (Å²) in [5, 5.41) is 9.48. The van der Waals surface area contributed by atoms with Crippen LogP contribution in [0.2, 0.25) is 18.1 Å². The Balaban J connectivity index is 1.82. The quantitative estimate of drug-likeness (QED) is 0.573. The molecule has 146 valence electrons. The van der Waals surface area contributed by atoms with Crippen LogP contribution in [0.15, 0.2) is 0 Å². The summed E-state index contributed by atoms with van der Waals surface area (Å²) >= 11 is 0. The SMILES string of the molecule is CO[C@@H]1[C@H](O[Si](C)(C)C(C)(C)C)CC[C@]2(CO2)[C@H]1[C@@]1(C)O[C@@H]1CCO. The van der Waals surface area contributed by atoms with E-state index in [0.717, 1.165) is 19.4 Å².